The maximum atomic E-state index is 9.51. The van der Waals surface area contributed by atoms with Gasteiger partial charge in [-0.05, 0) is 62.9 Å². The largest absolute Gasteiger partial charge is 0.508 e. The Kier molecular flexibility index (Phi) is 3.47. The van der Waals surface area contributed by atoms with Crippen LogP contribution in [0.4, 0.5) is 5.69 Å². The zero-order valence-corrected chi connectivity index (χ0v) is 11.4. The quantitative estimate of drug-likeness (QED) is 0.564. The van der Waals surface area contributed by atoms with Gasteiger partial charge in [0.05, 0.1) is 0 Å². The van der Waals surface area contributed by atoms with Crippen LogP contribution in [0.3, 0.4) is 0 Å². The predicted molar refractivity (Wildman–Crippen MR) is 78.6 cm³/mol. The molecule has 19 heavy (non-hydrogen) atoms. The summed E-state index contributed by atoms with van der Waals surface area (Å²) in [6.07, 6.45) is 8.17. The van der Waals surface area contributed by atoms with Gasteiger partial charge in [0.15, 0.2) is 0 Å². The van der Waals surface area contributed by atoms with Crippen molar-refractivity contribution in [2.45, 2.75) is 44.2 Å². The van der Waals surface area contributed by atoms with Crippen LogP contribution in [0.1, 0.15) is 31.2 Å². The summed E-state index contributed by atoms with van der Waals surface area (Å²) in [6.45, 7) is 0. The van der Waals surface area contributed by atoms with Crippen LogP contribution in [0.25, 0.3) is 0 Å². The number of anilines is 1. The SMILES string of the molecule is CNC1CC=C(C2CCc3cc(O)ccc3N2)CC1. The smallest absolute Gasteiger partial charge is 0.116 e. The molecule has 3 N–H and O–H groups in total. The second-order valence-corrected chi connectivity index (χ2v) is 5.62. The molecule has 0 fully saturated rings. The van der Waals surface area contributed by atoms with E-state index >= 15 is 0 Å². The van der Waals surface area contributed by atoms with Gasteiger partial charge in [0.25, 0.3) is 0 Å². The van der Waals surface area contributed by atoms with E-state index in [4.69, 9.17) is 0 Å². The Hall–Kier alpha value is -1.48. The van der Waals surface area contributed by atoms with Crippen LogP contribution in [-0.4, -0.2) is 24.2 Å². The fraction of sp³-hybridized carbons (Fsp3) is 0.500. The van der Waals surface area contributed by atoms with E-state index in [0.29, 0.717) is 17.8 Å². The molecule has 0 spiro atoms. The molecule has 0 saturated carbocycles. The van der Waals surface area contributed by atoms with Crippen LogP contribution < -0.4 is 10.6 Å². The zero-order chi connectivity index (χ0) is 13.2. The van der Waals surface area contributed by atoms with Gasteiger partial charge >= 0.3 is 0 Å². The van der Waals surface area contributed by atoms with Gasteiger partial charge < -0.3 is 15.7 Å². The van der Waals surface area contributed by atoms with Crippen LogP contribution in [-0.2, 0) is 6.42 Å². The highest BCUT2D eigenvalue weighted by molar-refractivity contribution is 5.57. The summed E-state index contributed by atoms with van der Waals surface area (Å²) in [7, 11) is 2.05. The molecule has 3 heteroatoms. The van der Waals surface area contributed by atoms with Crippen LogP contribution >= 0.6 is 0 Å². The first-order chi connectivity index (χ1) is 9.26. The summed E-state index contributed by atoms with van der Waals surface area (Å²) in [5.74, 6) is 0.368. The van der Waals surface area contributed by atoms with Gasteiger partial charge in [-0.15, -0.1) is 0 Å². The molecule has 0 aromatic heterocycles. The summed E-state index contributed by atoms with van der Waals surface area (Å²) in [6, 6.07) is 6.77. The monoisotopic (exact) mass is 258 g/mol. The number of phenols is 1. The lowest BCUT2D eigenvalue weighted by atomic mass is 9.86. The second kappa shape index (κ2) is 5.25. The second-order valence-electron chi connectivity index (χ2n) is 5.62. The summed E-state index contributed by atoms with van der Waals surface area (Å²) in [5, 5.41) is 16.5. The average Bonchev–Trinajstić information content (AvgIpc) is 2.47. The highest BCUT2D eigenvalue weighted by Gasteiger charge is 2.23. The van der Waals surface area contributed by atoms with Crippen molar-refractivity contribution in [2.24, 2.45) is 0 Å². The van der Waals surface area contributed by atoms with Crippen molar-refractivity contribution in [3.63, 3.8) is 0 Å². The molecular weight excluding hydrogens is 236 g/mol. The Labute approximate surface area is 114 Å². The number of fused-ring (bicyclic) bond motifs is 1. The molecule has 0 radical (unpaired) electrons. The Morgan fingerprint density at radius 3 is 2.89 bits per heavy atom. The van der Waals surface area contributed by atoms with Gasteiger partial charge in [0.1, 0.15) is 5.75 Å². The molecule has 2 aliphatic rings. The molecule has 1 aliphatic heterocycles. The Morgan fingerprint density at radius 1 is 1.26 bits per heavy atom. The molecule has 0 amide bonds. The molecule has 1 aromatic carbocycles. The molecule has 1 aliphatic carbocycles. The Morgan fingerprint density at radius 2 is 2.16 bits per heavy atom. The molecule has 0 saturated heterocycles. The minimum absolute atomic E-state index is 0.368. The van der Waals surface area contributed by atoms with E-state index < -0.39 is 0 Å². The van der Waals surface area contributed by atoms with Crippen LogP contribution in [0.15, 0.2) is 29.8 Å². The highest BCUT2D eigenvalue weighted by atomic mass is 16.3. The number of benzene rings is 1. The molecular formula is C16H22N2O. The normalized spacial score (nSPS) is 26.3. The number of phenolic OH excluding ortho intramolecular Hbond substituents is 1. The lowest BCUT2D eigenvalue weighted by Gasteiger charge is -2.32. The predicted octanol–water partition coefficient (Wildman–Crippen LogP) is 2.82. The third-order valence-electron chi connectivity index (χ3n) is 4.42. The zero-order valence-electron chi connectivity index (χ0n) is 11.4. The maximum absolute atomic E-state index is 9.51. The first-order valence-electron chi connectivity index (χ1n) is 7.21. The average molecular weight is 258 g/mol. The summed E-state index contributed by atoms with van der Waals surface area (Å²) in [5.41, 5.74) is 3.98. The van der Waals surface area contributed by atoms with Gasteiger partial charge in [-0.1, -0.05) is 11.6 Å². The maximum Gasteiger partial charge on any atom is 0.116 e. The fourth-order valence-electron chi connectivity index (χ4n) is 3.20. The first kappa shape index (κ1) is 12.5. The minimum Gasteiger partial charge on any atom is -0.508 e. The fourth-order valence-corrected chi connectivity index (χ4v) is 3.20. The van der Waals surface area contributed by atoms with E-state index in [1.54, 1.807) is 11.6 Å². The standard InChI is InChI=1S/C16H22N2O/c1-17-13-5-2-11(3-6-13)15-8-4-12-10-14(19)7-9-16(12)18-15/h2,7,9-10,13,15,17-19H,3-6,8H2,1H3. The number of hydrogen-bond donors (Lipinski definition) is 3. The van der Waals surface area contributed by atoms with E-state index in [0.717, 1.165) is 19.3 Å². The van der Waals surface area contributed by atoms with Crippen molar-refractivity contribution in [1.29, 1.82) is 0 Å². The molecule has 102 valence electrons. The van der Waals surface area contributed by atoms with Crippen molar-refractivity contribution in [2.75, 3.05) is 12.4 Å². The van der Waals surface area contributed by atoms with Crippen molar-refractivity contribution >= 4 is 5.69 Å². The van der Waals surface area contributed by atoms with E-state index in [1.807, 2.05) is 19.2 Å². The third-order valence-corrected chi connectivity index (χ3v) is 4.42. The molecule has 1 heterocycles. The van der Waals surface area contributed by atoms with E-state index in [-0.39, 0.29) is 0 Å². The molecule has 3 rings (SSSR count). The molecule has 3 nitrogen and oxygen atoms in total. The molecule has 2 atom stereocenters. The van der Waals surface area contributed by atoms with Crippen LogP contribution in [0.5, 0.6) is 5.75 Å². The van der Waals surface area contributed by atoms with E-state index in [1.165, 1.54) is 24.1 Å². The summed E-state index contributed by atoms with van der Waals surface area (Å²) < 4.78 is 0. The molecule has 2 unspecified atom stereocenters. The number of nitrogens with one attached hydrogen (secondary N) is 2. The summed E-state index contributed by atoms with van der Waals surface area (Å²) in [4.78, 5) is 0. The van der Waals surface area contributed by atoms with Crippen LogP contribution in [0.2, 0.25) is 0 Å². The number of aromatic hydroxyl groups is 1. The van der Waals surface area contributed by atoms with Gasteiger partial charge in [0.2, 0.25) is 0 Å². The highest BCUT2D eigenvalue weighted by Crippen LogP contribution is 2.32. The lowest BCUT2D eigenvalue weighted by molar-refractivity contribution is 0.473. The van der Waals surface area contributed by atoms with Gasteiger partial charge in [-0.25, -0.2) is 0 Å². The number of rotatable bonds is 2. The van der Waals surface area contributed by atoms with Crippen molar-refractivity contribution < 1.29 is 5.11 Å². The van der Waals surface area contributed by atoms with Crippen molar-refractivity contribution in [3.05, 3.63) is 35.4 Å². The topological polar surface area (TPSA) is 44.3 Å². The van der Waals surface area contributed by atoms with Crippen molar-refractivity contribution in [3.8, 4) is 5.75 Å². The Balaban J connectivity index is 1.72. The van der Waals surface area contributed by atoms with E-state index in [2.05, 4.69) is 16.7 Å². The van der Waals surface area contributed by atoms with Gasteiger partial charge in [-0.2, -0.15) is 0 Å². The lowest BCUT2D eigenvalue weighted by Crippen LogP contribution is -2.32. The minimum atomic E-state index is 0.368. The van der Waals surface area contributed by atoms with Gasteiger partial charge in [-0.3, -0.25) is 0 Å². The van der Waals surface area contributed by atoms with Crippen LogP contribution in [0, 0.1) is 0 Å². The molecule has 1 aromatic rings. The van der Waals surface area contributed by atoms with Crippen molar-refractivity contribution in [1.82, 2.24) is 5.32 Å². The Bertz CT molecular complexity index is 496. The van der Waals surface area contributed by atoms with E-state index in [9.17, 15) is 5.11 Å². The third kappa shape index (κ3) is 2.61. The number of aryl methyl sites for hydroxylation is 1. The van der Waals surface area contributed by atoms with Gasteiger partial charge in [0, 0.05) is 17.8 Å². The molecule has 0 bridgehead atoms. The first-order valence-corrected chi connectivity index (χ1v) is 7.21. The number of hydrogen-bond acceptors (Lipinski definition) is 3. The summed E-state index contributed by atoms with van der Waals surface area (Å²) >= 11 is 0.